The summed E-state index contributed by atoms with van der Waals surface area (Å²) in [6.45, 7) is 3.19. The molecule has 1 spiro atoms. The van der Waals surface area contributed by atoms with Gasteiger partial charge in [0.05, 0.1) is 5.41 Å². The molecule has 1 aromatic rings. The van der Waals surface area contributed by atoms with Crippen LogP contribution in [0.2, 0.25) is 0 Å². The van der Waals surface area contributed by atoms with Gasteiger partial charge in [-0.1, -0.05) is 6.07 Å². The average Bonchev–Trinajstić information content (AvgIpc) is 3.38. The number of piperidine rings is 1. The zero-order chi connectivity index (χ0) is 15.9. The van der Waals surface area contributed by atoms with E-state index in [0.717, 1.165) is 38.3 Å². The molecule has 2 saturated heterocycles. The van der Waals surface area contributed by atoms with Crippen LogP contribution in [0.25, 0.3) is 0 Å². The standard InChI is InChI=1S/C18H23N3O2/c22-16(15-3-1-2-9-19-15)20-10-6-18(7-11-20)8-12-21(17(18)23)13-14-4-5-14/h1-3,9,14H,4-8,10-13H2. The fraction of sp³-hybridized carbons (Fsp3) is 0.611. The van der Waals surface area contributed by atoms with Gasteiger partial charge in [0.25, 0.3) is 5.91 Å². The highest BCUT2D eigenvalue weighted by molar-refractivity contribution is 5.92. The molecule has 0 aromatic carbocycles. The predicted molar refractivity (Wildman–Crippen MR) is 85.7 cm³/mol. The van der Waals surface area contributed by atoms with Crippen molar-refractivity contribution in [2.75, 3.05) is 26.2 Å². The Morgan fingerprint density at radius 3 is 2.57 bits per heavy atom. The molecular weight excluding hydrogens is 290 g/mol. The Morgan fingerprint density at radius 2 is 1.91 bits per heavy atom. The Morgan fingerprint density at radius 1 is 1.17 bits per heavy atom. The molecule has 3 aliphatic rings. The van der Waals surface area contributed by atoms with Crippen LogP contribution in [0.15, 0.2) is 24.4 Å². The highest BCUT2D eigenvalue weighted by atomic mass is 16.2. The van der Waals surface area contributed by atoms with Crippen LogP contribution in [-0.4, -0.2) is 52.8 Å². The van der Waals surface area contributed by atoms with Crippen molar-refractivity contribution in [1.82, 2.24) is 14.8 Å². The first-order valence-corrected chi connectivity index (χ1v) is 8.68. The first kappa shape index (κ1) is 14.7. The summed E-state index contributed by atoms with van der Waals surface area (Å²) >= 11 is 0. The Kier molecular flexibility index (Phi) is 3.58. The molecule has 23 heavy (non-hydrogen) atoms. The van der Waals surface area contributed by atoms with Gasteiger partial charge in [0, 0.05) is 32.4 Å². The first-order valence-electron chi connectivity index (χ1n) is 8.68. The Labute approximate surface area is 136 Å². The monoisotopic (exact) mass is 313 g/mol. The summed E-state index contributed by atoms with van der Waals surface area (Å²) < 4.78 is 0. The largest absolute Gasteiger partial charge is 0.342 e. The van der Waals surface area contributed by atoms with Gasteiger partial charge in [-0.2, -0.15) is 0 Å². The highest BCUT2D eigenvalue weighted by Crippen LogP contribution is 2.43. The third kappa shape index (κ3) is 2.73. The maximum Gasteiger partial charge on any atom is 0.272 e. The Hall–Kier alpha value is -1.91. The second-order valence-corrected chi connectivity index (χ2v) is 7.23. The van der Waals surface area contributed by atoms with Gasteiger partial charge >= 0.3 is 0 Å². The third-order valence-corrected chi connectivity index (χ3v) is 5.67. The van der Waals surface area contributed by atoms with Crippen LogP contribution in [0.1, 0.15) is 42.6 Å². The fourth-order valence-electron chi connectivity index (χ4n) is 3.93. The van der Waals surface area contributed by atoms with Gasteiger partial charge in [0.15, 0.2) is 0 Å². The van der Waals surface area contributed by atoms with E-state index in [1.165, 1.54) is 12.8 Å². The normalized spacial score (nSPS) is 23.6. The summed E-state index contributed by atoms with van der Waals surface area (Å²) in [5.41, 5.74) is 0.298. The summed E-state index contributed by atoms with van der Waals surface area (Å²) in [5.74, 6) is 1.08. The molecule has 5 nitrogen and oxygen atoms in total. The van der Waals surface area contributed by atoms with Gasteiger partial charge in [0.2, 0.25) is 5.91 Å². The lowest BCUT2D eigenvalue weighted by atomic mass is 9.77. The van der Waals surface area contributed by atoms with Crippen LogP contribution in [0.5, 0.6) is 0 Å². The lowest BCUT2D eigenvalue weighted by molar-refractivity contribution is -0.138. The lowest BCUT2D eigenvalue weighted by Crippen LogP contribution is -2.47. The number of amides is 2. The number of nitrogens with zero attached hydrogens (tertiary/aromatic N) is 3. The van der Waals surface area contributed by atoms with Crippen LogP contribution in [0.3, 0.4) is 0 Å². The van der Waals surface area contributed by atoms with Crippen molar-refractivity contribution in [3.05, 3.63) is 30.1 Å². The second kappa shape index (κ2) is 5.62. The van der Waals surface area contributed by atoms with Gasteiger partial charge in [-0.15, -0.1) is 0 Å². The van der Waals surface area contributed by atoms with Crippen molar-refractivity contribution in [2.45, 2.75) is 32.1 Å². The van der Waals surface area contributed by atoms with E-state index in [2.05, 4.69) is 9.88 Å². The van der Waals surface area contributed by atoms with Gasteiger partial charge in [-0.3, -0.25) is 14.6 Å². The molecule has 3 fully saturated rings. The maximum atomic E-state index is 12.8. The quantitative estimate of drug-likeness (QED) is 0.857. The number of likely N-dealkylation sites (tertiary alicyclic amines) is 2. The van der Waals surface area contributed by atoms with Crippen molar-refractivity contribution in [2.24, 2.45) is 11.3 Å². The van der Waals surface area contributed by atoms with E-state index in [1.807, 2.05) is 17.0 Å². The SMILES string of the molecule is O=C(c1ccccn1)N1CCC2(CC1)CCN(CC1CC1)C2=O. The van der Waals surface area contributed by atoms with Crippen molar-refractivity contribution in [3.63, 3.8) is 0 Å². The lowest BCUT2D eigenvalue weighted by Gasteiger charge is -2.37. The first-order chi connectivity index (χ1) is 11.2. The zero-order valence-corrected chi connectivity index (χ0v) is 13.4. The molecule has 0 radical (unpaired) electrons. The molecule has 1 aliphatic carbocycles. The third-order valence-electron chi connectivity index (χ3n) is 5.67. The maximum absolute atomic E-state index is 12.8. The van der Waals surface area contributed by atoms with E-state index in [1.54, 1.807) is 12.3 Å². The van der Waals surface area contributed by atoms with E-state index < -0.39 is 0 Å². The number of carbonyl (C=O) groups is 2. The van der Waals surface area contributed by atoms with E-state index in [9.17, 15) is 9.59 Å². The van der Waals surface area contributed by atoms with Crippen molar-refractivity contribution < 1.29 is 9.59 Å². The molecule has 3 heterocycles. The average molecular weight is 313 g/mol. The number of carbonyl (C=O) groups excluding carboxylic acids is 2. The molecule has 1 saturated carbocycles. The molecule has 0 bridgehead atoms. The topological polar surface area (TPSA) is 53.5 Å². The minimum absolute atomic E-state index is 0.0132. The van der Waals surface area contributed by atoms with E-state index in [0.29, 0.717) is 24.7 Å². The number of rotatable bonds is 3. The van der Waals surface area contributed by atoms with Crippen LogP contribution in [0.4, 0.5) is 0 Å². The molecule has 1 aromatic heterocycles. The molecule has 122 valence electrons. The van der Waals surface area contributed by atoms with Crippen LogP contribution >= 0.6 is 0 Å². The van der Waals surface area contributed by atoms with Crippen molar-refractivity contribution in [3.8, 4) is 0 Å². The minimum atomic E-state index is -0.199. The van der Waals surface area contributed by atoms with Gasteiger partial charge < -0.3 is 9.80 Å². The summed E-state index contributed by atoms with van der Waals surface area (Å²) in [6, 6.07) is 5.40. The number of hydrogen-bond acceptors (Lipinski definition) is 3. The second-order valence-electron chi connectivity index (χ2n) is 7.23. The summed E-state index contributed by atoms with van der Waals surface area (Å²) in [6.07, 6.45) is 6.77. The van der Waals surface area contributed by atoms with Crippen molar-refractivity contribution >= 4 is 11.8 Å². The summed E-state index contributed by atoms with van der Waals surface area (Å²) in [4.78, 5) is 33.3. The fourth-order valence-corrected chi connectivity index (χ4v) is 3.93. The van der Waals surface area contributed by atoms with Gasteiger partial charge in [-0.05, 0) is 50.2 Å². The van der Waals surface area contributed by atoms with Gasteiger partial charge in [0.1, 0.15) is 5.69 Å². The molecular formula is C18H23N3O2. The highest BCUT2D eigenvalue weighted by Gasteiger charge is 2.49. The van der Waals surface area contributed by atoms with Crippen LogP contribution < -0.4 is 0 Å². The Balaban J connectivity index is 1.39. The zero-order valence-electron chi connectivity index (χ0n) is 13.4. The van der Waals surface area contributed by atoms with E-state index in [-0.39, 0.29) is 11.3 Å². The molecule has 4 rings (SSSR count). The molecule has 0 atom stereocenters. The Bertz CT molecular complexity index is 604. The van der Waals surface area contributed by atoms with Crippen molar-refractivity contribution in [1.29, 1.82) is 0 Å². The number of aromatic nitrogens is 1. The van der Waals surface area contributed by atoms with Gasteiger partial charge in [-0.25, -0.2) is 0 Å². The van der Waals surface area contributed by atoms with Crippen LogP contribution in [-0.2, 0) is 4.79 Å². The minimum Gasteiger partial charge on any atom is -0.342 e. The molecule has 0 N–H and O–H groups in total. The molecule has 5 heteroatoms. The molecule has 2 aliphatic heterocycles. The molecule has 2 amide bonds. The van der Waals surface area contributed by atoms with Crippen LogP contribution in [0, 0.1) is 11.3 Å². The summed E-state index contributed by atoms with van der Waals surface area (Å²) in [5, 5.41) is 0. The summed E-state index contributed by atoms with van der Waals surface area (Å²) in [7, 11) is 0. The number of pyridine rings is 1. The van der Waals surface area contributed by atoms with E-state index in [4.69, 9.17) is 0 Å². The predicted octanol–water partition coefficient (Wildman–Crippen LogP) is 1.95. The smallest absolute Gasteiger partial charge is 0.272 e. The molecule has 0 unspecified atom stereocenters. The van der Waals surface area contributed by atoms with E-state index >= 15 is 0 Å². The number of hydrogen-bond donors (Lipinski definition) is 0.